The van der Waals surface area contributed by atoms with Gasteiger partial charge >= 0.3 is 5.97 Å². The molecule has 0 fully saturated rings. The van der Waals surface area contributed by atoms with E-state index < -0.39 is 0 Å². The summed E-state index contributed by atoms with van der Waals surface area (Å²) in [5, 5.41) is 8.03. The monoisotopic (exact) mass is 261 g/mol. The number of carbonyl (C=O) groups excluding carboxylic acids is 1. The molecule has 0 amide bonds. The SMILES string of the molecule is COC(=O)CCn1cc(-c2ccc(OC)cc2)nn1. The van der Waals surface area contributed by atoms with Crippen molar-refractivity contribution in [2.45, 2.75) is 13.0 Å². The third-order valence-corrected chi connectivity index (χ3v) is 2.70. The van der Waals surface area contributed by atoms with E-state index in [1.807, 2.05) is 24.3 Å². The molecule has 0 radical (unpaired) electrons. The second-order valence-corrected chi connectivity index (χ2v) is 3.92. The van der Waals surface area contributed by atoms with E-state index in [-0.39, 0.29) is 12.4 Å². The molecular weight excluding hydrogens is 246 g/mol. The van der Waals surface area contributed by atoms with Crippen LogP contribution in [0, 0.1) is 0 Å². The van der Waals surface area contributed by atoms with Crippen molar-refractivity contribution < 1.29 is 14.3 Å². The molecule has 0 N–H and O–H groups in total. The second kappa shape index (κ2) is 5.99. The summed E-state index contributed by atoms with van der Waals surface area (Å²) in [6.45, 7) is 0.454. The lowest BCUT2D eigenvalue weighted by Crippen LogP contribution is -2.07. The molecule has 2 rings (SSSR count). The Morgan fingerprint density at radius 3 is 2.63 bits per heavy atom. The van der Waals surface area contributed by atoms with E-state index in [4.69, 9.17) is 4.74 Å². The van der Waals surface area contributed by atoms with Crippen LogP contribution in [0.2, 0.25) is 0 Å². The maximum Gasteiger partial charge on any atom is 0.307 e. The maximum absolute atomic E-state index is 11.0. The molecule has 0 aliphatic rings. The van der Waals surface area contributed by atoms with Crippen LogP contribution >= 0.6 is 0 Å². The molecule has 1 heterocycles. The maximum atomic E-state index is 11.0. The van der Waals surface area contributed by atoms with Crippen molar-refractivity contribution in [1.82, 2.24) is 15.0 Å². The molecule has 0 atom stereocenters. The summed E-state index contributed by atoms with van der Waals surface area (Å²) in [7, 11) is 2.99. The normalized spacial score (nSPS) is 10.2. The van der Waals surface area contributed by atoms with Gasteiger partial charge < -0.3 is 9.47 Å². The summed E-state index contributed by atoms with van der Waals surface area (Å²) in [6, 6.07) is 7.55. The van der Waals surface area contributed by atoms with Crippen LogP contribution in [0.15, 0.2) is 30.5 Å². The van der Waals surface area contributed by atoms with Gasteiger partial charge in [0.1, 0.15) is 11.4 Å². The largest absolute Gasteiger partial charge is 0.497 e. The standard InChI is InChI=1S/C13H15N3O3/c1-18-11-5-3-10(4-6-11)12-9-16(15-14-12)8-7-13(17)19-2/h3-6,9H,7-8H2,1-2H3. The Hall–Kier alpha value is -2.37. The molecule has 19 heavy (non-hydrogen) atoms. The predicted octanol–water partition coefficient (Wildman–Crippen LogP) is 1.52. The van der Waals surface area contributed by atoms with Crippen LogP contribution in [0.4, 0.5) is 0 Å². The Bertz CT molecular complexity index is 549. The van der Waals surface area contributed by atoms with Gasteiger partial charge in [0.15, 0.2) is 0 Å². The molecule has 0 aliphatic carbocycles. The number of esters is 1. The number of aromatic nitrogens is 3. The third-order valence-electron chi connectivity index (χ3n) is 2.70. The molecule has 2 aromatic rings. The molecule has 0 unspecified atom stereocenters. The van der Waals surface area contributed by atoms with Crippen molar-refractivity contribution in [2.75, 3.05) is 14.2 Å². The number of ether oxygens (including phenoxy) is 2. The van der Waals surface area contributed by atoms with Crippen LogP contribution in [0.1, 0.15) is 6.42 Å². The van der Waals surface area contributed by atoms with Crippen LogP contribution in [-0.4, -0.2) is 35.2 Å². The van der Waals surface area contributed by atoms with Gasteiger partial charge in [-0.15, -0.1) is 5.10 Å². The van der Waals surface area contributed by atoms with Gasteiger partial charge in [0.25, 0.3) is 0 Å². The lowest BCUT2D eigenvalue weighted by Gasteiger charge is -2.00. The first-order valence-corrected chi connectivity index (χ1v) is 5.84. The Morgan fingerprint density at radius 2 is 2.00 bits per heavy atom. The van der Waals surface area contributed by atoms with Gasteiger partial charge in [-0.1, -0.05) is 5.21 Å². The van der Waals surface area contributed by atoms with Crippen molar-refractivity contribution in [3.05, 3.63) is 30.5 Å². The van der Waals surface area contributed by atoms with Gasteiger partial charge in [0.05, 0.1) is 33.4 Å². The van der Waals surface area contributed by atoms with E-state index in [0.717, 1.165) is 17.0 Å². The number of nitrogens with zero attached hydrogens (tertiary/aromatic N) is 3. The highest BCUT2D eigenvalue weighted by atomic mass is 16.5. The lowest BCUT2D eigenvalue weighted by molar-refractivity contribution is -0.140. The molecule has 0 aliphatic heterocycles. The first-order chi connectivity index (χ1) is 9.22. The van der Waals surface area contributed by atoms with Gasteiger partial charge in [0, 0.05) is 5.56 Å². The summed E-state index contributed by atoms with van der Waals surface area (Å²) in [5.74, 6) is 0.531. The number of carbonyl (C=O) groups is 1. The highest BCUT2D eigenvalue weighted by Crippen LogP contribution is 2.19. The van der Waals surface area contributed by atoms with E-state index in [0.29, 0.717) is 6.54 Å². The minimum atomic E-state index is -0.263. The molecule has 100 valence electrons. The Morgan fingerprint density at radius 1 is 1.26 bits per heavy atom. The molecule has 0 saturated carbocycles. The van der Waals surface area contributed by atoms with Crippen LogP contribution < -0.4 is 4.74 Å². The smallest absolute Gasteiger partial charge is 0.307 e. The van der Waals surface area contributed by atoms with Gasteiger partial charge in [-0.2, -0.15) is 0 Å². The third kappa shape index (κ3) is 3.31. The fraction of sp³-hybridized carbons (Fsp3) is 0.308. The lowest BCUT2D eigenvalue weighted by atomic mass is 10.2. The first-order valence-electron chi connectivity index (χ1n) is 5.84. The molecular formula is C13H15N3O3. The van der Waals surface area contributed by atoms with Crippen LogP contribution in [0.25, 0.3) is 11.3 Å². The molecule has 6 heteroatoms. The molecule has 6 nitrogen and oxygen atoms in total. The topological polar surface area (TPSA) is 66.2 Å². The van der Waals surface area contributed by atoms with Crippen molar-refractivity contribution >= 4 is 5.97 Å². The van der Waals surface area contributed by atoms with Crippen LogP contribution in [0.5, 0.6) is 5.75 Å². The van der Waals surface area contributed by atoms with Gasteiger partial charge in [-0.05, 0) is 24.3 Å². The van der Waals surface area contributed by atoms with Gasteiger partial charge in [-0.25, -0.2) is 0 Å². The number of rotatable bonds is 5. The van der Waals surface area contributed by atoms with E-state index >= 15 is 0 Å². The number of hydrogen-bond acceptors (Lipinski definition) is 5. The molecule has 1 aromatic carbocycles. The van der Waals surface area contributed by atoms with Crippen LogP contribution in [0.3, 0.4) is 0 Å². The summed E-state index contributed by atoms with van der Waals surface area (Å²) >= 11 is 0. The number of aryl methyl sites for hydroxylation is 1. The number of benzene rings is 1. The average Bonchev–Trinajstić information content (AvgIpc) is 2.93. The molecule has 0 bridgehead atoms. The van der Waals surface area contributed by atoms with Crippen LogP contribution in [-0.2, 0) is 16.1 Å². The minimum Gasteiger partial charge on any atom is -0.497 e. The first kappa shape index (κ1) is 13.1. The van der Waals surface area contributed by atoms with Crippen molar-refractivity contribution in [2.24, 2.45) is 0 Å². The summed E-state index contributed by atoms with van der Waals surface area (Å²) in [5.41, 5.74) is 1.71. The fourth-order valence-corrected chi connectivity index (χ4v) is 1.61. The zero-order valence-corrected chi connectivity index (χ0v) is 10.9. The highest BCUT2D eigenvalue weighted by Gasteiger charge is 2.06. The van der Waals surface area contributed by atoms with Crippen molar-refractivity contribution in [3.63, 3.8) is 0 Å². The fourth-order valence-electron chi connectivity index (χ4n) is 1.61. The molecule has 0 spiro atoms. The zero-order chi connectivity index (χ0) is 13.7. The number of methoxy groups -OCH3 is 2. The summed E-state index contributed by atoms with van der Waals surface area (Å²) < 4.78 is 11.3. The van der Waals surface area contributed by atoms with E-state index in [9.17, 15) is 4.79 Å². The Balaban J connectivity index is 2.05. The van der Waals surface area contributed by atoms with E-state index in [2.05, 4.69) is 15.0 Å². The van der Waals surface area contributed by atoms with E-state index in [1.165, 1.54) is 7.11 Å². The molecule has 0 saturated heterocycles. The second-order valence-electron chi connectivity index (χ2n) is 3.92. The number of hydrogen-bond donors (Lipinski definition) is 0. The quantitative estimate of drug-likeness (QED) is 0.763. The minimum absolute atomic E-state index is 0.263. The predicted molar refractivity (Wildman–Crippen MR) is 68.6 cm³/mol. The Labute approximate surface area is 110 Å². The van der Waals surface area contributed by atoms with Crippen molar-refractivity contribution in [1.29, 1.82) is 0 Å². The zero-order valence-electron chi connectivity index (χ0n) is 10.9. The highest BCUT2D eigenvalue weighted by molar-refractivity contribution is 5.69. The Kier molecular flexibility index (Phi) is 4.12. The summed E-state index contributed by atoms with van der Waals surface area (Å²) in [6.07, 6.45) is 2.08. The van der Waals surface area contributed by atoms with Gasteiger partial charge in [0.2, 0.25) is 0 Å². The van der Waals surface area contributed by atoms with E-state index in [1.54, 1.807) is 18.0 Å². The summed E-state index contributed by atoms with van der Waals surface area (Å²) in [4.78, 5) is 11.0. The molecule has 1 aromatic heterocycles. The average molecular weight is 261 g/mol. The van der Waals surface area contributed by atoms with Gasteiger partial charge in [-0.3, -0.25) is 9.48 Å². The van der Waals surface area contributed by atoms with Crippen molar-refractivity contribution in [3.8, 4) is 17.0 Å².